The van der Waals surface area contributed by atoms with Crippen LogP contribution in [0.3, 0.4) is 0 Å². The van der Waals surface area contributed by atoms with Crippen LogP contribution in [0.25, 0.3) is 0 Å². The first-order valence-electron chi connectivity index (χ1n) is 12.4. The summed E-state index contributed by atoms with van der Waals surface area (Å²) in [7, 11) is 0. The summed E-state index contributed by atoms with van der Waals surface area (Å²) in [4.78, 5) is 54.0. The van der Waals surface area contributed by atoms with Crippen molar-refractivity contribution in [2.24, 2.45) is 0 Å². The fourth-order valence-electron chi connectivity index (χ4n) is 4.12. The van der Waals surface area contributed by atoms with Gasteiger partial charge in [0.1, 0.15) is 11.5 Å². The summed E-state index contributed by atoms with van der Waals surface area (Å²) in [5.41, 5.74) is 0.652. The van der Waals surface area contributed by atoms with E-state index in [0.717, 1.165) is 0 Å². The summed E-state index contributed by atoms with van der Waals surface area (Å²) in [6.45, 7) is 0. The standard InChI is InChI=1S/C34H22O6/c35-31(23-13-5-1-6-14-23)29-27(39-33(37)25-17-9-3-10-18-25)21-22-28(40-34(38)26-19-11-4-12-20-26)30(29)32(36)24-15-7-2-8-16-24/h1-22H. The molecule has 0 bridgehead atoms. The van der Waals surface area contributed by atoms with E-state index >= 15 is 0 Å². The Kier molecular flexibility index (Phi) is 7.69. The summed E-state index contributed by atoms with van der Waals surface area (Å²) < 4.78 is 11.4. The monoisotopic (exact) mass is 526 g/mol. The molecule has 5 aromatic rings. The van der Waals surface area contributed by atoms with Gasteiger partial charge in [-0.2, -0.15) is 0 Å². The molecular weight excluding hydrogens is 504 g/mol. The molecule has 0 fully saturated rings. The zero-order valence-corrected chi connectivity index (χ0v) is 21.2. The number of rotatable bonds is 8. The van der Waals surface area contributed by atoms with E-state index in [-0.39, 0.29) is 44.9 Å². The SMILES string of the molecule is O=C(Oc1ccc(OC(=O)c2ccccc2)c(C(=O)c2ccccc2)c1C(=O)c1ccccc1)c1ccccc1. The molecular formula is C34H22O6. The zero-order chi connectivity index (χ0) is 27.9. The minimum Gasteiger partial charge on any atom is -0.422 e. The molecule has 6 heteroatoms. The maximum Gasteiger partial charge on any atom is 0.343 e. The molecule has 5 rings (SSSR count). The smallest absolute Gasteiger partial charge is 0.343 e. The van der Waals surface area contributed by atoms with Crippen molar-refractivity contribution in [1.29, 1.82) is 0 Å². The van der Waals surface area contributed by atoms with Crippen molar-refractivity contribution >= 4 is 23.5 Å². The number of esters is 2. The van der Waals surface area contributed by atoms with Crippen LogP contribution in [0.2, 0.25) is 0 Å². The second-order valence-corrected chi connectivity index (χ2v) is 8.71. The van der Waals surface area contributed by atoms with Crippen LogP contribution in [-0.2, 0) is 0 Å². The van der Waals surface area contributed by atoms with Gasteiger partial charge in [0.05, 0.1) is 22.3 Å². The lowest BCUT2D eigenvalue weighted by Gasteiger charge is -2.17. The summed E-state index contributed by atoms with van der Waals surface area (Å²) in [6, 6.07) is 35.8. The van der Waals surface area contributed by atoms with Crippen LogP contribution in [0.5, 0.6) is 11.5 Å². The third kappa shape index (κ3) is 5.61. The predicted octanol–water partition coefficient (Wildman–Crippen LogP) is 6.59. The van der Waals surface area contributed by atoms with Crippen LogP contribution >= 0.6 is 0 Å². The van der Waals surface area contributed by atoms with Crippen molar-refractivity contribution < 1.29 is 28.7 Å². The number of carbonyl (C=O) groups is 4. The molecule has 0 atom stereocenters. The molecule has 0 saturated heterocycles. The quantitative estimate of drug-likeness (QED) is 0.129. The van der Waals surface area contributed by atoms with Crippen LogP contribution in [0.15, 0.2) is 133 Å². The molecule has 0 N–H and O–H groups in total. The summed E-state index contributed by atoms with van der Waals surface area (Å²) in [6.07, 6.45) is 0. The highest BCUT2D eigenvalue weighted by Gasteiger charge is 2.30. The Bertz CT molecular complexity index is 1550. The minimum absolute atomic E-state index is 0.138. The van der Waals surface area contributed by atoms with E-state index in [0.29, 0.717) is 0 Å². The molecule has 0 heterocycles. The Labute approximate surface area is 230 Å². The maximum absolute atomic E-state index is 14.0. The second-order valence-electron chi connectivity index (χ2n) is 8.71. The van der Waals surface area contributed by atoms with Crippen LogP contribution in [0, 0.1) is 0 Å². The Morgan fingerprint density at radius 3 is 0.925 bits per heavy atom. The molecule has 0 aliphatic carbocycles. The number of benzene rings is 5. The van der Waals surface area contributed by atoms with Crippen molar-refractivity contribution in [3.63, 3.8) is 0 Å². The van der Waals surface area contributed by atoms with E-state index in [1.165, 1.54) is 12.1 Å². The zero-order valence-electron chi connectivity index (χ0n) is 21.2. The molecule has 0 unspecified atom stereocenters. The van der Waals surface area contributed by atoms with Gasteiger partial charge in [0.2, 0.25) is 0 Å². The van der Waals surface area contributed by atoms with E-state index in [2.05, 4.69) is 0 Å². The third-order valence-corrected chi connectivity index (χ3v) is 6.08. The fourth-order valence-corrected chi connectivity index (χ4v) is 4.12. The topological polar surface area (TPSA) is 86.7 Å². The number of hydrogen-bond acceptors (Lipinski definition) is 6. The number of ketones is 2. The largest absolute Gasteiger partial charge is 0.422 e. The first-order chi connectivity index (χ1) is 19.5. The number of hydrogen-bond donors (Lipinski definition) is 0. The maximum atomic E-state index is 14.0. The van der Waals surface area contributed by atoms with Crippen molar-refractivity contribution in [3.8, 4) is 11.5 Å². The highest BCUT2D eigenvalue weighted by atomic mass is 16.5. The fraction of sp³-hybridized carbons (Fsp3) is 0. The van der Waals surface area contributed by atoms with E-state index in [4.69, 9.17) is 9.47 Å². The van der Waals surface area contributed by atoms with Gasteiger partial charge >= 0.3 is 11.9 Å². The predicted molar refractivity (Wildman–Crippen MR) is 149 cm³/mol. The average Bonchev–Trinajstić information content (AvgIpc) is 3.02. The van der Waals surface area contributed by atoms with E-state index in [1.54, 1.807) is 121 Å². The van der Waals surface area contributed by atoms with Crippen molar-refractivity contribution in [3.05, 3.63) is 167 Å². The first kappa shape index (κ1) is 26.0. The third-order valence-electron chi connectivity index (χ3n) is 6.08. The van der Waals surface area contributed by atoms with Crippen LogP contribution in [0.4, 0.5) is 0 Å². The Hall–Kier alpha value is -5.62. The molecule has 0 amide bonds. The lowest BCUT2D eigenvalue weighted by Crippen LogP contribution is -2.19. The molecule has 0 spiro atoms. The summed E-state index contributed by atoms with van der Waals surface area (Å²) in [5, 5.41) is 0. The van der Waals surface area contributed by atoms with E-state index in [1.807, 2.05) is 0 Å². The summed E-state index contributed by atoms with van der Waals surface area (Å²) in [5.74, 6) is -2.85. The Morgan fingerprint density at radius 2 is 0.625 bits per heavy atom. The lowest BCUT2D eigenvalue weighted by atomic mass is 9.91. The molecule has 0 aromatic heterocycles. The van der Waals surface area contributed by atoms with E-state index < -0.39 is 23.5 Å². The molecule has 5 aromatic carbocycles. The second kappa shape index (κ2) is 11.8. The van der Waals surface area contributed by atoms with Gasteiger partial charge in [-0.05, 0) is 36.4 Å². The molecule has 0 aliphatic heterocycles. The van der Waals surface area contributed by atoms with E-state index in [9.17, 15) is 19.2 Å². The minimum atomic E-state index is -0.713. The van der Waals surface area contributed by atoms with Crippen molar-refractivity contribution in [2.75, 3.05) is 0 Å². The molecule has 40 heavy (non-hydrogen) atoms. The Balaban J connectivity index is 1.70. The summed E-state index contributed by atoms with van der Waals surface area (Å²) >= 11 is 0. The van der Waals surface area contributed by atoms with Gasteiger partial charge in [-0.1, -0.05) is 97.1 Å². The highest BCUT2D eigenvalue weighted by molar-refractivity contribution is 6.22. The van der Waals surface area contributed by atoms with Gasteiger partial charge in [-0.3, -0.25) is 9.59 Å². The number of ether oxygens (including phenoxy) is 2. The number of carbonyl (C=O) groups excluding carboxylic acids is 4. The first-order valence-corrected chi connectivity index (χ1v) is 12.4. The molecule has 0 saturated carbocycles. The molecule has 194 valence electrons. The van der Waals surface area contributed by atoms with Gasteiger partial charge < -0.3 is 9.47 Å². The van der Waals surface area contributed by atoms with Gasteiger partial charge in [0, 0.05) is 11.1 Å². The molecule has 0 aliphatic rings. The van der Waals surface area contributed by atoms with Gasteiger partial charge in [-0.25, -0.2) is 9.59 Å². The molecule has 6 nitrogen and oxygen atoms in total. The average molecular weight is 527 g/mol. The van der Waals surface area contributed by atoms with Crippen LogP contribution in [0.1, 0.15) is 52.6 Å². The van der Waals surface area contributed by atoms with Crippen LogP contribution < -0.4 is 9.47 Å². The van der Waals surface area contributed by atoms with Gasteiger partial charge in [0.25, 0.3) is 0 Å². The van der Waals surface area contributed by atoms with Gasteiger partial charge in [-0.15, -0.1) is 0 Å². The van der Waals surface area contributed by atoms with Crippen LogP contribution in [-0.4, -0.2) is 23.5 Å². The highest BCUT2D eigenvalue weighted by Crippen LogP contribution is 2.35. The normalized spacial score (nSPS) is 10.4. The lowest BCUT2D eigenvalue weighted by molar-refractivity contribution is 0.0713. The van der Waals surface area contributed by atoms with Gasteiger partial charge in [0.15, 0.2) is 11.6 Å². The molecule has 0 radical (unpaired) electrons. The van der Waals surface area contributed by atoms with Crippen molar-refractivity contribution in [1.82, 2.24) is 0 Å². The Morgan fingerprint density at radius 1 is 0.350 bits per heavy atom. The van der Waals surface area contributed by atoms with Crippen molar-refractivity contribution in [2.45, 2.75) is 0 Å².